The third-order valence-electron chi connectivity index (χ3n) is 8.83. The van der Waals surface area contributed by atoms with E-state index in [4.69, 9.17) is 28.4 Å². The molecule has 0 N–H and O–H groups in total. The van der Waals surface area contributed by atoms with Crippen molar-refractivity contribution in [2.24, 2.45) is 0 Å². The number of hydrogen-bond acceptors (Lipinski definition) is 6. The van der Waals surface area contributed by atoms with Crippen LogP contribution in [0.5, 0.6) is 34.5 Å². The van der Waals surface area contributed by atoms with Crippen molar-refractivity contribution in [2.75, 3.05) is 35.2 Å². The molecule has 1 heterocycles. The summed E-state index contributed by atoms with van der Waals surface area (Å²) in [5.41, 5.74) is 3.40. The van der Waals surface area contributed by atoms with E-state index in [1.807, 2.05) is 52.0 Å². The molecule has 4 aromatic rings. The van der Waals surface area contributed by atoms with Crippen LogP contribution in [0.4, 0.5) is 26.3 Å². The Morgan fingerprint density at radius 1 is 0.500 bits per heavy atom. The Bertz CT molecular complexity index is 1790. The van der Waals surface area contributed by atoms with Crippen molar-refractivity contribution in [3.8, 4) is 34.5 Å². The summed E-state index contributed by atoms with van der Waals surface area (Å²) in [4.78, 5) is 0. The molecule has 0 bridgehead atoms. The SMILES string of the molecule is CC(C)c1ccc(C(F)(F)F)cc1.COc1cc(C(C)C)cc(OC)c1OC.COc1cc(C(C)C)cc2c1OCO2.Cc1cc(C(C)C)ccc1C(F)(F)F. The zero-order valence-corrected chi connectivity index (χ0v) is 34.6. The van der Waals surface area contributed by atoms with Crippen LogP contribution >= 0.6 is 0 Å². The zero-order valence-electron chi connectivity index (χ0n) is 34.6. The maximum atomic E-state index is 12.4. The third kappa shape index (κ3) is 13.5. The highest BCUT2D eigenvalue weighted by Crippen LogP contribution is 2.43. The summed E-state index contributed by atoms with van der Waals surface area (Å²) in [6.45, 7) is 18.1. The van der Waals surface area contributed by atoms with E-state index < -0.39 is 23.5 Å². The van der Waals surface area contributed by atoms with Gasteiger partial charge >= 0.3 is 12.4 Å². The van der Waals surface area contributed by atoms with E-state index in [1.54, 1.807) is 40.6 Å². The van der Waals surface area contributed by atoms with Gasteiger partial charge in [0, 0.05) is 0 Å². The van der Waals surface area contributed by atoms with Crippen LogP contribution < -0.4 is 28.4 Å². The predicted octanol–water partition coefficient (Wildman–Crippen LogP) is 13.3. The lowest BCUT2D eigenvalue weighted by Gasteiger charge is -2.15. The van der Waals surface area contributed by atoms with Gasteiger partial charge in [-0.2, -0.15) is 26.3 Å². The summed E-state index contributed by atoms with van der Waals surface area (Å²) in [5, 5.41) is 0. The number of aryl methyl sites for hydroxylation is 1. The first-order chi connectivity index (χ1) is 26.1. The van der Waals surface area contributed by atoms with Crippen LogP contribution in [0.2, 0.25) is 0 Å². The maximum Gasteiger partial charge on any atom is 0.416 e. The lowest BCUT2D eigenvalue weighted by molar-refractivity contribution is -0.138. The molecular formula is C44H56F6O6. The van der Waals surface area contributed by atoms with Gasteiger partial charge < -0.3 is 28.4 Å². The zero-order chi connectivity index (χ0) is 42.5. The summed E-state index contributed by atoms with van der Waals surface area (Å²) < 4.78 is 105. The molecule has 6 nitrogen and oxygen atoms in total. The maximum absolute atomic E-state index is 12.4. The van der Waals surface area contributed by atoms with Crippen molar-refractivity contribution in [2.45, 2.75) is 98.3 Å². The molecule has 0 fully saturated rings. The van der Waals surface area contributed by atoms with E-state index in [9.17, 15) is 26.3 Å². The highest BCUT2D eigenvalue weighted by Gasteiger charge is 2.32. The Labute approximate surface area is 328 Å². The molecule has 0 aromatic heterocycles. The number of benzene rings is 4. The number of halogens is 6. The largest absolute Gasteiger partial charge is 0.493 e. The Kier molecular flexibility index (Phi) is 17.8. The Balaban J connectivity index is 0.000000258. The van der Waals surface area contributed by atoms with E-state index in [1.165, 1.54) is 30.2 Å². The molecule has 0 atom stereocenters. The molecule has 310 valence electrons. The molecule has 0 aliphatic carbocycles. The monoisotopic (exact) mass is 794 g/mol. The second-order valence-corrected chi connectivity index (χ2v) is 14.2. The van der Waals surface area contributed by atoms with Gasteiger partial charge in [0.1, 0.15) is 0 Å². The van der Waals surface area contributed by atoms with E-state index >= 15 is 0 Å². The first-order valence-corrected chi connectivity index (χ1v) is 18.2. The number of rotatable bonds is 8. The van der Waals surface area contributed by atoms with Crippen LogP contribution in [-0.2, 0) is 12.4 Å². The van der Waals surface area contributed by atoms with E-state index in [0.29, 0.717) is 34.6 Å². The Morgan fingerprint density at radius 2 is 0.946 bits per heavy atom. The predicted molar refractivity (Wildman–Crippen MR) is 209 cm³/mol. The van der Waals surface area contributed by atoms with Crippen LogP contribution in [-0.4, -0.2) is 35.2 Å². The van der Waals surface area contributed by atoms with Crippen LogP contribution in [0, 0.1) is 6.92 Å². The Morgan fingerprint density at radius 3 is 1.34 bits per heavy atom. The Hall–Kier alpha value is -4.74. The van der Waals surface area contributed by atoms with Crippen molar-refractivity contribution in [3.05, 3.63) is 106 Å². The molecule has 0 saturated heterocycles. The van der Waals surface area contributed by atoms with Gasteiger partial charge in [-0.05, 0) is 101 Å². The average Bonchev–Trinajstić information content (AvgIpc) is 3.62. The summed E-state index contributed by atoms with van der Waals surface area (Å²) in [5.74, 6) is 5.73. The molecule has 0 radical (unpaired) electrons. The molecular weight excluding hydrogens is 738 g/mol. The molecule has 0 spiro atoms. The molecule has 1 aliphatic rings. The average molecular weight is 795 g/mol. The van der Waals surface area contributed by atoms with Gasteiger partial charge in [0.15, 0.2) is 23.0 Å². The van der Waals surface area contributed by atoms with Crippen molar-refractivity contribution in [1.29, 1.82) is 0 Å². The van der Waals surface area contributed by atoms with Gasteiger partial charge in [-0.25, -0.2) is 0 Å². The van der Waals surface area contributed by atoms with Gasteiger partial charge in [-0.3, -0.25) is 0 Å². The minimum atomic E-state index is -4.24. The van der Waals surface area contributed by atoms with Gasteiger partial charge in [0.2, 0.25) is 18.3 Å². The second-order valence-electron chi connectivity index (χ2n) is 14.2. The van der Waals surface area contributed by atoms with Gasteiger partial charge in [0.25, 0.3) is 0 Å². The van der Waals surface area contributed by atoms with Crippen molar-refractivity contribution >= 4 is 0 Å². The minimum absolute atomic E-state index is 0.260. The lowest BCUT2D eigenvalue weighted by atomic mass is 9.98. The fourth-order valence-corrected chi connectivity index (χ4v) is 5.34. The standard InChI is InChI=1S/C12H18O3.C11H13F3.C11H14O3.C10H11F3/c1-8(2)9-6-10(13-3)12(15-5)11(7-9)14-4;1-7(2)9-4-5-10(8(3)6-9)11(12,13)14;1-7(2)8-4-9(12-3)11-10(5-8)13-6-14-11;1-7(2)8-3-5-9(6-4-8)10(11,12)13/h6-8H,1-5H3;4-7H,1-3H3;4-5,7H,6H2,1-3H3;3-7H,1-2H3. The number of methoxy groups -OCH3 is 4. The van der Waals surface area contributed by atoms with Gasteiger partial charge in [-0.15, -0.1) is 0 Å². The topological polar surface area (TPSA) is 55.4 Å². The molecule has 56 heavy (non-hydrogen) atoms. The van der Waals surface area contributed by atoms with Crippen LogP contribution in [0.3, 0.4) is 0 Å². The molecule has 5 rings (SSSR count). The minimum Gasteiger partial charge on any atom is -0.493 e. The number of fused-ring (bicyclic) bond motifs is 1. The number of hydrogen-bond donors (Lipinski definition) is 0. The smallest absolute Gasteiger partial charge is 0.416 e. The summed E-state index contributed by atoms with van der Waals surface area (Å²) >= 11 is 0. The van der Waals surface area contributed by atoms with Crippen LogP contribution in [0.15, 0.2) is 66.7 Å². The third-order valence-corrected chi connectivity index (χ3v) is 8.83. The highest BCUT2D eigenvalue weighted by molar-refractivity contribution is 5.56. The normalized spacial score (nSPS) is 12.0. The molecule has 12 heteroatoms. The van der Waals surface area contributed by atoms with Crippen molar-refractivity contribution in [3.63, 3.8) is 0 Å². The molecule has 0 unspecified atom stereocenters. The first-order valence-electron chi connectivity index (χ1n) is 18.2. The molecule has 0 saturated carbocycles. The van der Waals surface area contributed by atoms with Gasteiger partial charge in [-0.1, -0.05) is 79.7 Å². The van der Waals surface area contributed by atoms with Crippen LogP contribution in [0.1, 0.15) is 118 Å². The fraction of sp³-hybridized carbons (Fsp3) is 0.455. The highest BCUT2D eigenvalue weighted by atomic mass is 19.4. The van der Waals surface area contributed by atoms with Crippen LogP contribution in [0.25, 0.3) is 0 Å². The fourth-order valence-electron chi connectivity index (χ4n) is 5.34. The lowest BCUT2D eigenvalue weighted by Crippen LogP contribution is -2.07. The summed E-state index contributed by atoms with van der Waals surface area (Å²) in [7, 11) is 6.50. The van der Waals surface area contributed by atoms with Gasteiger partial charge in [0.05, 0.1) is 39.6 Å². The van der Waals surface area contributed by atoms with E-state index in [-0.39, 0.29) is 18.6 Å². The molecule has 1 aliphatic heterocycles. The number of alkyl halides is 6. The number of ether oxygens (including phenoxy) is 6. The van der Waals surface area contributed by atoms with Crippen molar-refractivity contribution in [1.82, 2.24) is 0 Å². The van der Waals surface area contributed by atoms with E-state index in [2.05, 4.69) is 27.7 Å². The first kappa shape index (κ1) is 47.4. The molecule has 0 amide bonds. The van der Waals surface area contributed by atoms with Crippen molar-refractivity contribution < 1.29 is 54.8 Å². The summed E-state index contributed by atoms with van der Waals surface area (Å²) in [6, 6.07) is 17.6. The second kappa shape index (κ2) is 21.0. The van der Waals surface area contributed by atoms with E-state index in [0.717, 1.165) is 46.6 Å². The quantitative estimate of drug-likeness (QED) is 0.166. The summed E-state index contributed by atoms with van der Waals surface area (Å²) in [6.07, 6.45) is -8.46. The molecule has 4 aromatic carbocycles.